The fraction of sp³-hybridized carbons (Fsp3) is 0.444. The maximum Gasteiger partial charge on any atom is 0.262 e. The van der Waals surface area contributed by atoms with Gasteiger partial charge in [-0.25, -0.2) is 13.4 Å². The maximum atomic E-state index is 12.4. The molecule has 0 aliphatic carbocycles. The van der Waals surface area contributed by atoms with Crippen LogP contribution in [-0.2, 0) is 10.0 Å². The Kier molecular flexibility index (Phi) is 3.19. The van der Waals surface area contributed by atoms with Gasteiger partial charge >= 0.3 is 0 Å². The molecule has 2 rings (SSSR count). The van der Waals surface area contributed by atoms with Gasteiger partial charge in [0.05, 0.1) is 0 Å². The molecule has 0 saturated heterocycles. The number of hydrogen-bond donors (Lipinski definition) is 0. The summed E-state index contributed by atoms with van der Waals surface area (Å²) >= 11 is 7.25. The Morgan fingerprint density at radius 1 is 1.53 bits per heavy atom. The van der Waals surface area contributed by atoms with Crippen LogP contribution >= 0.6 is 22.9 Å². The lowest BCUT2D eigenvalue weighted by atomic mass is 10.4. The zero-order valence-electron chi connectivity index (χ0n) is 9.58. The van der Waals surface area contributed by atoms with Crippen molar-refractivity contribution in [2.24, 2.45) is 0 Å². The number of hydrogen-bond acceptors (Lipinski definition) is 4. The molecular formula is C9H12ClN3O2S2. The summed E-state index contributed by atoms with van der Waals surface area (Å²) in [5.74, 6) is 0. The number of aromatic nitrogens is 2. The van der Waals surface area contributed by atoms with Gasteiger partial charge in [-0.05, 0) is 13.8 Å². The number of fused-ring (bicyclic) bond motifs is 1. The van der Waals surface area contributed by atoms with E-state index in [0.717, 1.165) is 0 Å². The first-order valence-corrected chi connectivity index (χ1v) is 7.64. The van der Waals surface area contributed by atoms with Crippen LogP contribution in [0.5, 0.6) is 0 Å². The quantitative estimate of drug-likeness (QED) is 0.870. The molecule has 0 amide bonds. The van der Waals surface area contributed by atoms with E-state index in [1.807, 2.05) is 0 Å². The third kappa shape index (κ3) is 1.97. The molecule has 0 N–H and O–H groups in total. The van der Waals surface area contributed by atoms with Crippen molar-refractivity contribution in [3.63, 3.8) is 0 Å². The highest BCUT2D eigenvalue weighted by Gasteiger charge is 2.30. The molecule has 0 unspecified atom stereocenters. The minimum Gasteiger partial charge on any atom is -0.279 e. The van der Waals surface area contributed by atoms with E-state index in [9.17, 15) is 8.42 Å². The molecule has 17 heavy (non-hydrogen) atoms. The van der Waals surface area contributed by atoms with E-state index >= 15 is 0 Å². The van der Waals surface area contributed by atoms with Crippen LogP contribution < -0.4 is 0 Å². The van der Waals surface area contributed by atoms with Gasteiger partial charge < -0.3 is 0 Å². The Balaban J connectivity index is 2.67. The van der Waals surface area contributed by atoms with Gasteiger partial charge in [0.25, 0.3) is 10.0 Å². The van der Waals surface area contributed by atoms with Crippen LogP contribution in [0.2, 0.25) is 5.15 Å². The maximum absolute atomic E-state index is 12.4. The summed E-state index contributed by atoms with van der Waals surface area (Å²) in [6, 6.07) is -0.139. The third-order valence-corrected chi connectivity index (χ3v) is 5.72. The zero-order chi connectivity index (χ0) is 12.8. The Morgan fingerprint density at radius 3 is 2.76 bits per heavy atom. The molecular weight excluding hydrogens is 282 g/mol. The molecule has 0 bridgehead atoms. The SMILES string of the molecule is CC(C)N(C)S(=O)(=O)c1c(Cl)nc2sccn12. The number of thiazole rings is 1. The second kappa shape index (κ2) is 4.24. The highest BCUT2D eigenvalue weighted by atomic mass is 35.5. The van der Waals surface area contributed by atoms with Gasteiger partial charge in [0.2, 0.25) is 0 Å². The first kappa shape index (κ1) is 12.8. The fourth-order valence-corrected chi connectivity index (χ4v) is 4.15. The van der Waals surface area contributed by atoms with Crippen molar-refractivity contribution in [3.05, 3.63) is 16.7 Å². The molecule has 8 heteroatoms. The molecule has 5 nitrogen and oxygen atoms in total. The van der Waals surface area contributed by atoms with Crippen molar-refractivity contribution in [1.82, 2.24) is 13.7 Å². The molecule has 2 heterocycles. The lowest BCUT2D eigenvalue weighted by Crippen LogP contribution is -2.33. The van der Waals surface area contributed by atoms with Gasteiger partial charge in [-0.3, -0.25) is 4.40 Å². The molecule has 2 aromatic rings. The monoisotopic (exact) mass is 293 g/mol. The smallest absolute Gasteiger partial charge is 0.262 e. The van der Waals surface area contributed by atoms with Gasteiger partial charge in [0.15, 0.2) is 15.1 Å². The van der Waals surface area contributed by atoms with Gasteiger partial charge in [-0.2, -0.15) is 4.31 Å². The van der Waals surface area contributed by atoms with Crippen molar-refractivity contribution in [2.75, 3.05) is 7.05 Å². The Morgan fingerprint density at radius 2 is 2.18 bits per heavy atom. The van der Waals surface area contributed by atoms with Crippen LogP contribution in [0.3, 0.4) is 0 Å². The fourth-order valence-electron chi connectivity index (χ4n) is 1.38. The lowest BCUT2D eigenvalue weighted by molar-refractivity contribution is 0.408. The molecule has 0 fully saturated rings. The molecule has 0 aliphatic heterocycles. The highest BCUT2D eigenvalue weighted by molar-refractivity contribution is 7.89. The van der Waals surface area contributed by atoms with Crippen LogP contribution in [0.15, 0.2) is 16.6 Å². The Bertz CT molecular complexity index is 644. The van der Waals surface area contributed by atoms with Crippen molar-refractivity contribution >= 4 is 37.9 Å². The topological polar surface area (TPSA) is 54.7 Å². The van der Waals surface area contributed by atoms with E-state index in [0.29, 0.717) is 4.96 Å². The van der Waals surface area contributed by atoms with Crippen molar-refractivity contribution in [2.45, 2.75) is 24.9 Å². The van der Waals surface area contributed by atoms with Crippen molar-refractivity contribution < 1.29 is 8.42 Å². The predicted molar refractivity (Wildman–Crippen MR) is 68.2 cm³/mol. The van der Waals surface area contributed by atoms with Gasteiger partial charge in [0.1, 0.15) is 0 Å². The summed E-state index contributed by atoms with van der Waals surface area (Å²) in [5.41, 5.74) is 0. The molecule has 0 saturated carbocycles. The second-order valence-electron chi connectivity index (χ2n) is 3.88. The molecule has 2 aromatic heterocycles. The molecule has 0 aliphatic rings. The number of nitrogens with zero attached hydrogens (tertiary/aromatic N) is 3. The predicted octanol–water partition coefficient (Wildman–Crippen LogP) is 2.08. The van der Waals surface area contributed by atoms with Crippen molar-refractivity contribution in [1.29, 1.82) is 0 Å². The number of rotatable bonds is 3. The number of halogens is 1. The number of imidazole rings is 1. The zero-order valence-corrected chi connectivity index (χ0v) is 12.0. The lowest BCUT2D eigenvalue weighted by Gasteiger charge is -2.20. The molecule has 0 spiro atoms. The Labute approximate surface area is 109 Å². The van der Waals surface area contributed by atoms with E-state index in [2.05, 4.69) is 4.98 Å². The third-order valence-electron chi connectivity index (χ3n) is 2.53. The standard InChI is InChI=1S/C9H12ClN3O2S2/c1-6(2)12(3)17(14,15)8-7(10)11-9-13(8)4-5-16-9/h4-6H,1-3H3. The average Bonchev–Trinajstić information content (AvgIpc) is 2.74. The summed E-state index contributed by atoms with van der Waals surface area (Å²) in [4.78, 5) is 4.60. The van der Waals surface area contributed by atoms with E-state index < -0.39 is 10.0 Å². The largest absolute Gasteiger partial charge is 0.279 e. The first-order chi connectivity index (χ1) is 7.85. The average molecular weight is 294 g/mol. The van der Waals surface area contributed by atoms with Crippen LogP contribution in [0.1, 0.15) is 13.8 Å². The summed E-state index contributed by atoms with van der Waals surface area (Å²) in [6.07, 6.45) is 1.65. The van der Waals surface area contributed by atoms with Crippen LogP contribution in [0, 0.1) is 0 Å². The summed E-state index contributed by atoms with van der Waals surface area (Å²) < 4.78 is 27.5. The van der Waals surface area contributed by atoms with E-state index in [-0.39, 0.29) is 16.2 Å². The minimum atomic E-state index is -3.61. The molecule has 0 aromatic carbocycles. The van der Waals surface area contributed by atoms with E-state index in [4.69, 9.17) is 11.6 Å². The highest BCUT2D eigenvalue weighted by Crippen LogP contribution is 2.27. The first-order valence-electron chi connectivity index (χ1n) is 4.94. The number of sulfonamides is 1. The molecule has 94 valence electrons. The minimum absolute atomic E-state index is 0.0179. The van der Waals surface area contributed by atoms with E-state index in [1.54, 1.807) is 25.4 Å². The molecule has 0 radical (unpaired) electrons. The van der Waals surface area contributed by atoms with Crippen LogP contribution in [0.25, 0.3) is 4.96 Å². The van der Waals surface area contributed by atoms with Crippen LogP contribution in [-0.4, -0.2) is 35.2 Å². The normalized spacial score (nSPS) is 13.1. The van der Waals surface area contributed by atoms with E-state index in [1.165, 1.54) is 27.1 Å². The summed E-state index contributed by atoms with van der Waals surface area (Å²) in [7, 11) is -2.08. The van der Waals surface area contributed by atoms with Gasteiger partial charge in [-0.1, -0.05) is 11.6 Å². The molecule has 0 atom stereocenters. The van der Waals surface area contributed by atoms with Gasteiger partial charge in [0, 0.05) is 24.7 Å². The van der Waals surface area contributed by atoms with Gasteiger partial charge in [-0.15, -0.1) is 11.3 Å². The van der Waals surface area contributed by atoms with Crippen LogP contribution in [0.4, 0.5) is 0 Å². The summed E-state index contributed by atoms with van der Waals surface area (Å²) in [6.45, 7) is 3.61. The summed E-state index contributed by atoms with van der Waals surface area (Å²) in [5, 5.41) is 1.82. The Hall–Kier alpha value is -0.630. The second-order valence-corrected chi connectivity index (χ2v) is 7.02. The van der Waals surface area contributed by atoms with Crippen molar-refractivity contribution in [3.8, 4) is 0 Å².